The Hall–Kier alpha value is -0.240. The van der Waals surface area contributed by atoms with Crippen LogP contribution in [0.2, 0.25) is 0 Å². The van der Waals surface area contributed by atoms with E-state index in [9.17, 15) is 0 Å². The predicted molar refractivity (Wildman–Crippen MR) is 87.8 cm³/mol. The molecule has 0 aromatic heterocycles. The Labute approximate surface area is 142 Å². The number of methoxy groups -OCH3 is 4. The Morgan fingerprint density at radius 1 is 0.957 bits per heavy atom. The molecule has 0 saturated carbocycles. The van der Waals surface area contributed by atoms with Gasteiger partial charge in [-0.3, -0.25) is 0 Å². The van der Waals surface area contributed by atoms with Crippen LogP contribution in [0.25, 0.3) is 0 Å². The van der Waals surface area contributed by atoms with Crippen molar-refractivity contribution in [2.75, 3.05) is 35.0 Å². The van der Waals surface area contributed by atoms with Gasteiger partial charge in [-0.15, -0.1) is 0 Å². The van der Waals surface area contributed by atoms with Gasteiger partial charge in [-0.1, -0.05) is 0 Å². The van der Waals surface area contributed by atoms with E-state index in [2.05, 4.69) is 6.92 Å². The molecule has 0 aliphatic carbocycles. The maximum atomic E-state index is 7.41. The first kappa shape index (κ1) is 19.1. The summed E-state index contributed by atoms with van der Waals surface area (Å²) in [6.07, 6.45) is 2.18. The van der Waals surface area contributed by atoms with Crippen LogP contribution < -0.4 is 0 Å². The summed E-state index contributed by atoms with van der Waals surface area (Å²) in [7, 11) is 6.70. The molecule has 6 nitrogen and oxygen atoms in total. The molecule has 0 aromatic carbocycles. The molecule has 2 aliphatic heterocycles. The Morgan fingerprint density at radius 2 is 1.52 bits per heavy atom. The molecule has 0 amide bonds. The molecular weight excluding hydrogens is 300 g/mol. The van der Waals surface area contributed by atoms with Gasteiger partial charge in [0.2, 0.25) is 0 Å². The van der Waals surface area contributed by atoms with Crippen LogP contribution in [0.4, 0.5) is 0 Å². The van der Waals surface area contributed by atoms with Crippen molar-refractivity contribution in [2.45, 2.75) is 76.3 Å². The van der Waals surface area contributed by atoms with E-state index >= 15 is 0 Å². The van der Waals surface area contributed by atoms with Crippen LogP contribution in [0.15, 0.2) is 0 Å². The van der Waals surface area contributed by atoms with E-state index in [1.54, 1.807) is 28.4 Å². The second kappa shape index (κ2) is 10.6. The lowest BCUT2D eigenvalue weighted by molar-refractivity contribution is -0.0783. The van der Waals surface area contributed by atoms with Crippen LogP contribution in [-0.4, -0.2) is 77.7 Å². The summed E-state index contributed by atoms with van der Waals surface area (Å²) in [5.74, 6) is 0. The van der Waals surface area contributed by atoms with Crippen LogP contribution in [0, 0.1) is 0 Å². The molecule has 2 rings (SSSR count). The molecule has 0 spiro atoms. The molecule has 2 aliphatic rings. The molecule has 8 atom stereocenters. The number of rotatable bonds is 6. The van der Waals surface area contributed by atoms with E-state index in [0.717, 1.165) is 6.42 Å². The van der Waals surface area contributed by atoms with Crippen molar-refractivity contribution in [1.29, 1.82) is 0 Å². The maximum absolute atomic E-state index is 7.41. The topological polar surface area (TPSA) is 55.4 Å². The van der Waals surface area contributed by atoms with Crippen molar-refractivity contribution in [2.24, 2.45) is 0 Å². The van der Waals surface area contributed by atoms with Gasteiger partial charge >= 0.3 is 0 Å². The van der Waals surface area contributed by atoms with Gasteiger partial charge in [0, 0.05) is 41.4 Å². The van der Waals surface area contributed by atoms with Crippen molar-refractivity contribution in [3.63, 3.8) is 0 Å². The Kier molecular flexibility index (Phi) is 8.79. The zero-order chi connectivity index (χ0) is 18.3. The van der Waals surface area contributed by atoms with Crippen LogP contribution in [0.3, 0.4) is 0 Å². The number of ether oxygens (including phenoxy) is 6. The highest BCUT2D eigenvalue weighted by Crippen LogP contribution is 2.25. The fourth-order valence-corrected chi connectivity index (χ4v) is 2.91. The molecule has 0 N–H and O–H groups in total. The normalized spacial score (nSPS) is 40.2. The second-order valence-corrected chi connectivity index (χ2v) is 6.08. The van der Waals surface area contributed by atoms with E-state index in [4.69, 9.17) is 29.8 Å². The summed E-state index contributed by atoms with van der Waals surface area (Å²) in [6, 6.07) is 0. The standard InChI is InChI=1S/C9H18O3.C8H16O3/c1-6-5-8(11-4)9(12-6)7(2)10-3;1-6(9-2)8-7(10-3)4-5-11-8/h6-9H,5H2,1-4H3;6-8H,4-5H2,1-3H3/t6-,7-,8-,9?;6-,7+,8?/m01/s1/i;5T/t;5-,6+,7-,8?/m.0. The fraction of sp³-hybridized carbons (Fsp3) is 1.00. The van der Waals surface area contributed by atoms with Crippen LogP contribution in [-0.2, 0) is 28.4 Å². The van der Waals surface area contributed by atoms with E-state index in [-0.39, 0.29) is 42.7 Å². The van der Waals surface area contributed by atoms with E-state index in [1.165, 1.54) is 0 Å². The summed E-state index contributed by atoms with van der Waals surface area (Å²) in [5, 5.41) is 0. The zero-order valence-electron chi connectivity index (χ0n) is 16.5. The molecule has 6 heteroatoms. The highest BCUT2D eigenvalue weighted by atomic mass is 16.6. The minimum atomic E-state index is -0.461. The van der Waals surface area contributed by atoms with Gasteiger partial charge in [0.1, 0.15) is 12.2 Å². The maximum Gasteiger partial charge on any atom is 0.110 e. The van der Waals surface area contributed by atoms with Gasteiger partial charge in [0.15, 0.2) is 0 Å². The van der Waals surface area contributed by atoms with Crippen LogP contribution in [0.1, 0.15) is 35.0 Å². The van der Waals surface area contributed by atoms with Gasteiger partial charge in [-0.05, 0) is 27.2 Å². The van der Waals surface area contributed by atoms with Crippen LogP contribution in [0.5, 0.6) is 0 Å². The SMILES string of the molecule is CO[C@@H](C)C1O[C@@H](C)C[C@@H]1OC.[3H][C@H]1C[C@H](OC)C([C@@H](C)OC)O1. The average molecular weight is 336 g/mol. The summed E-state index contributed by atoms with van der Waals surface area (Å²) < 4.78 is 39.2. The lowest BCUT2D eigenvalue weighted by atomic mass is 10.1. The average Bonchev–Trinajstić information content (AvgIpc) is 3.16. The first-order valence-corrected chi connectivity index (χ1v) is 8.22. The third-order valence-corrected chi connectivity index (χ3v) is 4.54. The Balaban J connectivity index is 0.000000240. The molecular formula is C17H34O6. The van der Waals surface area contributed by atoms with Gasteiger partial charge in [0.05, 0.1) is 31.9 Å². The fourth-order valence-electron chi connectivity index (χ4n) is 2.91. The number of hydrogen-bond donors (Lipinski definition) is 0. The van der Waals surface area contributed by atoms with Gasteiger partial charge < -0.3 is 28.4 Å². The lowest BCUT2D eigenvalue weighted by Gasteiger charge is -2.22. The highest BCUT2D eigenvalue weighted by molar-refractivity contribution is 4.85. The van der Waals surface area contributed by atoms with E-state index in [1.807, 2.05) is 13.8 Å². The third-order valence-electron chi connectivity index (χ3n) is 4.54. The van der Waals surface area contributed by atoms with Crippen molar-refractivity contribution >= 4 is 0 Å². The monoisotopic (exact) mass is 336 g/mol. The molecule has 0 bridgehead atoms. The Bertz CT molecular complexity index is 313. The quantitative estimate of drug-likeness (QED) is 0.740. The second-order valence-electron chi connectivity index (χ2n) is 6.08. The zero-order valence-corrected chi connectivity index (χ0v) is 15.5. The molecule has 0 radical (unpaired) electrons. The van der Waals surface area contributed by atoms with Crippen molar-refractivity contribution in [3.8, 4) is 0 Å². The molecule has 138 valence electrons. The largest absolute Gasteiger partial charge is 0.379 e. The third kappa shape index (κ3) is 5.96. The first-order chi connectivity index (χ1) is 11.4. The van der Waals surface area contributed by atoms with Gasteiger partial charge in [-0.2, -0.15) is 0 Å². The lowest BCUT2D eigenvalue weighted by Crippen LogP contribution is -2.34. The first-order valence-electron chi connectivity index (χ1n) is 8.79. The summed E-state index contributed by atoms with van der Waals surface area (Å²) in [5.41, 5.74) is 0. The smallest absolute Gasteiger partial charge is 0.110 e. The summed E-state index contributed by atoms with van der Waals surface area (Å²) in [6.45, 7) is 5.54. The molecule has 2 heterocycles. The van der Waals surface area contributed by atoms with Crippen molar-refractivity contribution in [3.05, 3.63) is 0 Å². The van der Waals surface area contributed by atoms with E-state index in [0.29, 0.717) is 6.42 Å². The van der Waals surface area contributed by atoms with E-state index < -0.39 is 6.58 Å². The molecule has 2 saturated heterocycles. The van der Waals surface area contributed by atoms with Gasteiger partial charge in [0.25, 0.3) is 0 Å². The van der Waals surface area contributed by atoms with Crippen molar-refractivity contribution in [1.82, 2.24) is 0 Å². The van der Waals surface area contributed by atoms with Gasteiger partial charge in [-0.25, -0.2) is 0 Å². The van der Waals surface area contributed by atoms with Crippen LogP contribution >= 0.6 is 0 Å². The molecule has 2 fully saturated rings. The predicted octanol–water partition coefficient (Wildman–Crippen LogP) is 2.04. The highest BCUT2D eigenvalue weighted by Gasteiger charge is 2.36. The molecule has 2 unspecified atom stereocenters. The molecule has 23 heavy (non-hydrogen) atoms. The summed E-state index contributed by atoms with van der Waals surface area (Å²) in [4.78, 5) is 0. The summed E-state index contributed by atoms with van der Waals surface area (Å²) >= 11 is 0. The minimum absolute atomic E-state index is 0.00227. The molecule has 0 aromatic rings. The number of hydrogen-bond acceptors (Lipinski definition) is 6. The minimum Gasteiger partial charge on any atom is -0.379 e. The Morgan fingerprint density at radius 3 is 2.04 bits per heavy atom. The van der Waals surface area contributed by atoms with Crippen molar-refractivity contribution < 1.29 is 29.8 Å².